The van der Waals surface area contributed by atoms with Crippen LogP contribution in [0.2, 0.25) is 10.0 Å². The molecular weight excluding hydrogens is 438 g/mol. The van der Waals surface area contributed by atoms with Crippen LogP contribution in [0, 0.1) is 5.82 Å². The first-order chi connectivity index (χ1) is 14.7. The lowest BCUT2D eigenvalue weighted by molar-refractivity contribution is 0.0504. The van der Waals surface area contributed by atoms with Crippen molar-refractivity contribution < 1.29 is 14.3 Å². The minimum absolute atomic E-state index is 0.154. The highest BCUT2D eigenvalue weighted by atomic mass is 35.5. The third kappa shape index (κ3) is 5.06. The van der Waals surface area contributed by atoms with Crippen molar-refractivity contribution in [3.8, 4) is 0 Å². The van der Waals surface area contributed by atoms with Crippen LogP contribution in [0.25, 0.3) is 0 Å². The van der Waals surface area contributed by atoms with Crippen molar-refractivity contribution in [2.75, 3.05) is 19.6 Å². The van der Waals surface area contributed by atoms with E-state index in [0.717, 1.165) is 43.6 Å². The van der Waals surface area contributed by atoms with Crippen LogP contribution in [0.5, 0.6) is 0 Å². The Balaban J connectivity index is 1.45. The van der Waals surface area contributed by atoms with E-state index >= 15 is 0 Å². The van der Waals surface area contributed by atoms with Crippen LogP contribution < -0.4 is 0 Å². The Morgan fingerprint density at radius 1 is 1.16 bits per heavy atom. The average molecular weight is 465 g/mol. The molecule has 4 nitrogen and oxygen atoms in total. The molecule has 2 aromatic rings. The fraction of sp³-hybridized carbons (Fsp3) is 0.458. The molecule has 1 heterocycles. The maximum Gasteiger partial charge on any atom is 0.338 e. The van der Waals surface area contributed by atoms with Crippen LogP contribution in [-0.2, 0) is 6.54 Å². The molecule has 31 heavy (non-hydrogen) atoms. The van der Waals surface area contributed by atoms with Crippen molar-refractivity contribution in [3.05, 3.63) is 68.4 Å². The molecule has 4 rings (SSSR count). The van der Waals surface area contributed by atoms with Gasteiger partial charge in [0.15, 0.2) is 0 Å². The van der Waals surface area contributed by atoms with Crippen molar-refractivity contribution in [3.63, 3.8) is 0 Å². The first-order valence-corrected chi connectivity index (χ1v) is 11.5. The molecule has 0 radical (unpaired) electrons. The molecule has 2 fully saturated rings. The molecule has 0 amide bonds. The summed E-state index contributed by atoms with van der Waals surface area (Å²) in [6.45, 7) is 7.54. The van der Waals surface area contributed by atoms with Crippen LogP contribution in [-0.4, -0.2) is 46.6 Å². The number of carbonyl (C=O) groups is 1. The Labute approximate surface area is 192 Å². The van der Waals surface area contributed by atoms with Gasteiger partial charge in [-0.1, -0.05) is 29.3 Å². The Morgan fingerprint density at radius 2 is 1.84 bits per heavy atom. The topological polar surface area (TPSA) is 43.8 Å². The van der Waals surface area contributed by atoms with E-state index in [4.69, 9.17) is 23.2 Å². The fourth-order valence-electron chi connectivity index (χ4n) is 4.75. The van der Waals surface area contributed by atoms with E-state index in [1.807, 2.05) is 18.2 Å². The van der Waals surface area contributed by atoms with E-state index in [0.29, 0.717) is 28.2 Å². The lowest BCUT2D eigenvalue weighted by atomic mass is 9.98. The maximum absolute atomic E-state index is 14.6. The monoisotopic (exact) mass is 464 g/mol. The molecule has 7 heteroatoms. The highest BCUT2D eigenvalue weighted by Crippen LogP contribution is 2.43. The second-order valence-corrected chi connectivity index (χ2v) is 9.69. The van der Waals surface area contributed by atoms with Gasteiger partial charge in [-0.2, -0.15) is 0 Å². The largest absolute Gasteiger partial charge is 0.478 e. The minimum atomic E-state index is -1.18. The lowest BCUT2D eigenvalue weighted by Crippen LogP contribution is -2.52. The zero-order valence-electron chi connectivity index (χ0n) is 17.7. The molecule has 2 aliphatic rings. The molecule has 0 unspecified atom stereocenters. The first kappa shape index (κ1) is 22.5. The zero-order chi connectivity index (χ0) is 22.3. The van der Waals surface area contributed by atoms with Crippen LogP contribution >= 0.6 is 23.2 Å². The van der Waals surface area contributed by atoms with E-state index < -0.39 is 11.8 Å². The molecule has 0 bridgehead atoms. The number of piperazine rings is 1. The predicted molar refractivity (Wildman–Crippen MR) is 122 cm³/mol. The summed E-state index contributed by atoms with van der Waals surface area (Å²) in [4.78, 5) is 16.2. The van der Waals surface area contributed by atoms with Gasteiger partial charge in [0.25, 0.3) is 0 Å². The van der Waals surface area contributed by atoms with Gasteiger partial charge in [0.1, 0.15) is 5.82 Å². The normalized spacial score (nSPS) is 21.3. The summed E-state index contributed by atoms with van der Waals surface area (Å²) in [5.74, 6) is -1.62. The minimum Gasteiger partial charge on any atom is -0.478 e. The lowest BCUT2D eigenvalue weighted by Gasteiger charge is -2.43. The summed E-state index contributed by atoms with van der Waals surface area (Å²) in [6.07, 6.45) is 1.87. The van der Waals surface area contributed by atoms with Gasteiger partial charge in [0.2, 0.25) is 0 Å². The van der Waals surface area contributed by atoms with Gasteiger partial charge in [-0.15, -0.1) is 0 Å². The fourth-order valence-corrected chi connectivity index (χ4v) is 5.29. The zero-order valence-corrected chi connectivity index (χ0v) is 19.3. The predicted octanol–water partition coefficient (Wildman–Crippen LogP) is 5.98. The van der Waals surface area contributed by atoms with Crippen molar-refractivity contribution in [2.24, 2.45) is 0 Å². The van der Waals surface area contributed by atoms with Gasteiger partial charge in [0, 0.05) is 48.3 Å². The van der Waals surface area contributed by atoms with Crippen molar-refractivity contribution >= 4 is 29.2 Å². The van der Waals surface area contributed by atoms with Crippen LogP contribution in [0.15, 0.2) is 30.3 Å². The molecule has 0 spiro atoms. The summed E-state index contributed by atoms with van der Waals surface area (Å²) in [6, 6.07) is 9.44. The molecule has 1 N–H and O–H groups in total. The van der Waals surface area contributed by atoms with Crippen LogP contribution in [0.4, 0.5) is 4.39 Å². The van der Waals surface area contributed by atoms with E-state index in [9.17, 15) is 14.3 Å². The maximum atomic E-state index is 14.6. The summed E-state index contributed by atoms with van der Waals surface area (Å²) >= 11 is 12.4. The first-order valence-electron chi connectivity index (χ1n) is 10.7. The molecule has 2 atom stereocenters. The molecule has 0 aromatic heterocycles. The van der Waals surface area contributed by atoms with Crippen LogP contribution in [0.3, 0.4) is 0 Å². The highest BCUT2D eigenvalue weighted by Gasteiger charge is 2.32. The van der Waals surface area contributed by atoms with Crippen molar-refractivity contribution in [2.45, 2.75) is 51.2 Å². The number of nitrogens with zero attached hydrogens (tertiary/aromatic N) is 2. The Bertz CT molecular complexity index is 976. The Kier molecular flexibility index (Phi) is 6.59. The van der Waals surface area contributed by atoms with Gasteiger partial charge in [-0.3, -0.25) is 9.80 Å². The molecular formula is C24H27Cl2FN2O2. The quantitative estimate of drug-likeness (QED) is 0.571. The summed E-state index contributed by atoms with van der Waals surface area (Å²) in [7, 11) is 0. The van der Waals surface area contributed by atoms with Gasteiger partial charge < -0.3 is 5.11 Å². The number of halogens is 3. The smallest absolute Gasteiger partial charge is 0.338 e. The number of hydrogen-bond donors (Lipinski definition) is 1. The molecule has 166 valence electrons. The van der Waals surface area contributed by atoms with E-state index in [1.54, 1.807) is 6.07 Å². The Hall–Kier alpha value is -1.66. The number of benzene rings is 2. The van der Waals surface area contributed by atoms with Crippen molar-refractivity contribution in [1.82, 2.24) is 9.80 Å². The molecule has 1 aliphatic carbocycles. The summed E-state index contributed by atoms with van der Waals surface area (Å²) < 4.78 is 14.6. The standard InChI is InChI=1S/C24H27Cl2FN2O2/c1-14-12-28(5-6-29(14)15(2)18-9-19(25)11-20(26)10-18)13-16-7-21(17-3-4-17)23(24(30)31)22(27)8-16/h7-11,14-15,17H,3-6,12-13H2,1-2H3,(H,30,31)/t14-,15+/m0/s1. The number of carboxylic acid groups (broad SMARTS) is 1. The third-order valence-corrected chi connectivity index (χ3v) is 6.88. The highest BCUT2D eigenvalue weighted by molar-refractivity contribution is 6.34. The summed E-state index contributed by atoms with van der Waals surface area (Å²) in [5, 5.41) is 10.7. The number of carboxylic acids is 1. The SMILES string of the molecule is C[C@H](c1cc(Cl)cc(Cl)c1)N1CCN(Cc2cc(F)c(C(=O)O)c(C3CC3)c2)C[C@@H]1C. The van der Waals surface area contributed by atoms with Crippen LogP contribution in [0.1, 0.15) is 65.7 Å². The Morgan fingerprint density at radius 3 is 2.42 bits per heavy atom. The van der Waals surface area contributed by atoms with Gasteiger partial charge in [0.05, 0.1) is 5.56 Å². The summed E-state index contributed by atoms with van der Waals surface area (Å²) in [5.41, 5.74) is 2.44. The van der Waals surface area contributed by atoms with E-state index in [-0.39, 0.29) is 17.5 Å². The number of aromatic carboxylic acids is 1. The van der Waals surface area contributed by atoms with Crippen molar-refractivity contribution in [1.29, 1.82) is 0 Å². The molecule has 1 aliphatic heterocycles. The van der Waals surface area contributed by atoms with Gasteiger partial charge in [-0.05, 0) is 73.6 Å². The molecule has 2 aromatic carbocycles. The number of rotatable bonds is 6. The van der Waals surface area contributed by atoms with Gasteiger partial charge in [-0.25, -0.2) is 9.18 Å². The average Bonchev–Trinajstić information content (AvgIpc) is 3.51. The second kappa shape index (κ2) is 9.07. The molecule has 1 saturated heterocycles. The van der Waals surface area contributed by atoms with E-state index in [2.05, 4.69) is 23.6 Å². The number of hydrogen-bond acceptors (Lipinski definition) is 3. The van der Waals surface area contributed by atoms with Gasteiger partial charge >= 0.3 is 5.97 Å². The molecule has 1 saturated carbocycles. The third-order valence-electron chi connectivity index (χ3n) is 6.45. The van der Waals surface area contributed by atoms with E-state index in [1.165, 1.54) is 6.07 Å². The second-order valence-electron chi connectivity index (χ2n) is 8.82.